The van der Waals surface area contributed by atoms with Gasteiger partial charge in [0.15, 0.2) is 0 Å². The number of rotatable bonds is 4. The zero-order chi connectivity index (χ0) is 13.8. The van der Waals surface area contributed by atoms with Crippen LogP contribution < -0.4 is 4.74 Å². The number of benzene rings is 1. The molecule has 2 aliphatic rings. The van der Waals surface area contributed by atoms with Crippen LogP contribution in [-0.2, 0) is 0 Å². The van der Waals surface area contributed by atoms with Crippen molar-refractivity contribution in [3.05, 3.63) is 29.8 Å². The van der Waals surface area contributed by atoms with Gasteiger partial charge < -0.3 is 14.5 Å². The Morgan fingerprint density at radius 1 is 1.10 bits per heavy atom. The largest absolute Gasteiger partial charge is 0.493 e. The standard InChI is InChI=1S/C17H26N2O/c1-2-8-18-9-11-19(12-10-18)14-15-7-13-20-17-6-4-3-5-16(15)17/h3-6,15H,2,7-14H2,1H3. The van der Waals surface area contributed by atoms with Gasteiger partial charge in [0.25, 0.3) is 0 Å². The maximum Gasteiger partial charge on any atom is 0.122 e. The van der Waals surface area contributed by atoms with Crippen molar-refractivity contribution in [2.75, 3.05) is 45.9 Å². The Labute approximate surface area is 122 Å². The van der Waals surface area contributed by atoms with Crippen LogP contribution in [0.25, 0.3) is 0 Å². The highest BCUT2D eigenvalue weighted by atomic mass is 16.5. The first-order chi connectivity index (χ1) is 9.86. The molecule has 110 valence electrons. The Hall–Kier alpha value is -1.06. The maximum absolute atomic E-state index is 5.77. The molecule has 0 radical (unpaired) electrons. The lowest BCUT2D eigenvalue weighted by Gasteiger charge is -2.37. The predicted molar refractivity (Wildman–Crippen MR) is 82.5 cm³/mol. The van der Waals surface area contributed by atoms with Crippen molar-refractivity contribution in [2.45, 2.75) is 25.7 Å². The Morgan fingerprint density at radius 2 is 1.85 bits per heavy atom. The van der Waals surface area contributed by atoms with Crippen LogP contribution in [0, 0.1) is 0 Å². The summed E-state index contributed by atoms with van der Waals surface area (Å²) in [5.74, 6) is 1.76. The first kappa shape index (κ1) is 13.9. The second-order valence-corrected chi connectivity index (χ2v) is 6.01. The Morgan fingerprint density at radius 3 is 2.65 bits per heavy atom. The summed E-state index contributed by atoms with van der Waals surface area (Å²) in [6.07, 6.45) is 2.43. The number of hydrogen-bond acceptors (Lipinski definition) is 3. The average molecular weight is 274 g/mol. The van der Waals surface area contributed by atoms with Gasteiger partial charge in [-0.05, 0) is 31.0 Å². The van der Waals surface area contributed by atoms with E-state index in [0.717, 1.165) is 18.8 Å². The second-order valence-electron chi connectivity index (χ2n) is 6.01. The summed E-state index contributed by atoms with van der Waals surface area (Å²) in [5.41, 5.74) is 1.41. The molecule has 0 aliphatic carbocycles. The van der Waals surface area contributed by atoms with Crippen molar-refractivity contribution < 1.29 is 4.74 Å². The van der Waals surface area contributed by atoms with Crippen LogP contribution in [0.5, 0.6) is 5.75 Å². The monoisotopic (exact) mass is 274 g/mol. The molecule has 0 aromatic heterocycles. The topological polar surface area (TPSA) is 15.7 Å². The molecule has 0 N–H and O–H groups in total. The van der Waals surface area contributed by atoms with Gasteiger partial charge in [0.05, 0.1) is 6.61 Å². The van der Waals surface area contributed by atoms with E-state index in [1.165, 1.54) is 51.3 Å². The fourth-order valence-corrected chi connectivity index (χ4v) is 3.43. The average Bonchev–Trinajstić information content (AvgIpc) is 2.50. The minimum absolute atomic E-state index is 0.651. The molecule has 2 aliphatic heterocycles. The molecule has 0 amide bonds. The van der Waals surface area contributed by atoms with E-state index in [4.69, 9.17) is 4.74 Å². The lowest BCUT2D eigenvalue weighted by molar-refractivity contribution is 0.120. The number of ether oxygens (including phenoxy) is 1. The molecule has 1 unspecified atom stereocenters. The molecule has 3 rings (SSSR count). The minimum Gasteiger partial charge on any atom is -0.493 e. The van der Waals surface area contributed by atoms with Crippen molar-refractivity contribution in [1.29, 1.82) is 0 Å². The molecule has 20 heavy (non-hydrogen) atoms. The van der Waals surface area contributed by atoms with Gasteiger partial charge in [0.1, 0.15) is 5.75 Å². The normalized spacial score (nSPS) is 24.1. The highest BCUT2D eigenvalue weighted by Crippen LogP contribution is 2.33. The zero-order valence-electron chi connectivity index (χ0n) is 12.6. The molecule has 2 heterocycles. The highest BCUT2D eigenvalue weighted by molar-refractivity contribution is 5.37. The number of para-hydroxylation sites is 1. The summed E-state index contributed by atoms with van der Waals surface area (Å²) < 4.78 is 5.77. The predicted octanol–water partition coefficient (Wildman–Crippen LogP) is 2.58. The lowest BCUT2D eigenvalue weighted by atomic mass is 9.92. The van der Waals surface area contributed by atoms with E-state index in [-0.39, 0.29) is 0 Å². The number of hydrogen-bond donors (Lipinski definition) is 0. The third-order valence-electron chi connectivity index (χ3n) is 4.57. The number of fused-ring (bicyclic) bond motifs is 1. The molecule has 1 aromatic carbocycles. The molecule has 1 saturated heterocycles. The third-order valence-corrected chi connectivity index (χ3v) is 4.57. The Kier molecular flexibility index (Phi) is 4.58. The first-order valence-corrected chi connectivity index (χ1v) is 8.03. The van der Waals surface area contributed by atoms with Gasteiger partial charge in [-0.3, -0.25) is 0 Å². The second kappa shape index (κ2) is 6.59. The molecular formula is C17H26N2O. The van der Waals surface area contributed by atoms with Gasteiger partial charge in [0, 0.05) is 38.6 Å². The Balaban J connectivity index is 1.57. The van der Waals surface area contributed by atoms with Gasteiger partial charge in [-0.1, -0.05) is 25.1 Å². The van der Waals surface area contributed by atoms with E-state index in [2.05, 4.69) is 41.0 Å². The summed E-state index contributed by atoms with van der Waals surface area (Å²) >= 11 is 0. The molecule has 3 heteroatoms. The SMILES string of the molecule is CCCN1CCN(CC2CCOc3ccccc32)CC1. The van der Waals surface area contributed by atoms with Crippen LogP contribution in [0.3, 0.4) is 0 Å². The van der Waals surface area contributed by atoms with E-state index in [9.17, 15) is 0 Å². The number of piperazine rings is 1. The van der Waals surface area contributed by atoms with E-state index >= 15 is 0 Å². The van der Waals surface area contributed by atoms with E-state index in [1.54, 1.807) is 0 Å². The molecular weight excluding hydrogens is 248 g/mol. The molecule has 1 aromatic rings. The van der Waals surface area contributed by atoms with Gasteiger partial charge in [-0.2, -0.15) is 0 Å². The molecule has 0 saturated carbocycles. The van der Waals surface area contributed by atoms with Crippen LogP contribution in [0.1, 0.15) is 31.2 Å². The first-order valence-electron chi connectivity index (χ1n) is 8.03. The lowest BCUT2D eigenvalue weighted by Crippen LogP contribution is -2.47. The van der Waals surface area contributed by atoms with E-state index in [1.807, 2.05) is 0 Å². The smallest absolute Gasteiger partial charge is 0.122 e. The van der Waals surface area contributed by atoms with Crippen molar-refractivity contribution in [2.24, 2.45) is 0 Å². The summed E-state index contributed by atoms with van der Waals surface area (Å²) in [7, 11) is 0. The van der Waals surface area contributed by atoms with Crippen molar-refractivity contribution in [3.8, 4) is 5.75 Å². The van der Waals surface area contributed by atoms with Crippen molar-refractivity contribution >= 4 is 0 Å². The summed E-state index contributed by atoms with van der Waals surface area (Å²) in [6, 6.07) is 8.57. The molecule has 3 nitrogen and oxygen atoms in total. The van der Waals surface area contributed by atoms with Gasteiger partial charge in [-0.25, -0.2) is 0 Å². The van der Waals surface area contributed by atoms with Gasteiger partial charge in [-0.15, -0.1) is 0 Å². The highest BCUT2D eigenvalue weighted by Gasteiger charge is 2.25. The van der Waals surface area contributed by atoms with Crippen LogP contribution >= 0.6 is 0 Å². The van der Waals surface area contributed by atoms with Crippen LogP contribution in [0.15, 0.2) is 24.3 Å². The minimum atomic E-state index is 0.651. The fourth-order valence-electron chi connectivity index (χ4n) is 3.43. The van der Waals surface area contributed by atoms with Gasteiger partial charge >= 0.3 is 0 Å². The fraction of sp³-hybridized carbons (Fsp3) is 0.647. The Bertz CT molecular complexity index is 427. The quantitative estimate of drug-likeness (QED) is 0.839. The molecule has 0 bridgehead atoms. The number of nitrogens with zero attached hydrogens (tertiary/aromatic N) is 2. The summed E-state index contributed by atoms with van der Waals surface area (Å²) in [4.78, 5) is 5.23. The van der Waals surface area contributed by atoms with Crippen LogP contribution in [0.2, 0.25) is 0 Å². The summed E-state index contributed by atoms with van der Waals surface area (Å²) in [6.45, 7) is 10.5. The van der Waals surface area contributed by atoms with E-state index in [0.29, 0.717) is 5.92 Å². The van der Waals surface area contributed by atoms with Crippen LogP contribution in [-0.4, -0.2) is 55.7 Å². The van der Waals surface area contributed by atoms with Crippen molar-refractivity contribution in [1.82, 2.24) is 9.80 Å². The molecule has 1 fully saturated rings. The van der Waals surface area contributed by atoms with Crippen LogP contribution in [0.4, 0.5) is 0 Å². The zero-order valence-corrected chi connectivity index (χ0v) is 12.6. The van der Waals surface area contributed by atoms with Gasteiger partial charge in [0.2, 0.25) is 0 Å². The van der Waals surface area contributed by atoms with E-state index < -0.39 is 0 Å². The molecule has 1 atom stereocenters. The molecule has 0 spiro atoms. The van der Waals surface area contributed by atoms with Crippen molar-refractivity contribution in [3.63, 3.8) is 0 Å². The maximum atomic E-state index is 5.77. The third kappa shape index (κ3) is 3.15. The summed E-state index contributed by atoms with van der Waals surface area (Å²) in [5, 5.41) is 0.